The molecule has 0 amide bonds. The first kappa shape index (κ1) is 6.61. The van der Waals surface area contributed by atoms with Crippen LogP contribution in [-0.4, -0.2) is 14.8 Å². The number of nitrogens with zero attached hydrogens (tertiary/aromatic N) is 3. The zero-order valence-electron chi connectivity index (χ0n) is 5.15. The number of thiol groups is 1. The van der Waals surface area contributed by atoms with Crippen molar-refractivity contribution in [3.05, 3.63) is 19.1 Å². The molecule has 1 radical (unpaired) electrons. The molecular weight excluding hydrogens is 134 g/mol. The molecule has 1 atom stereocenters. The Hall–Kier alpha value is -0.510. The minimum Gasteiger partial charge on any atom is -0.256 e. The van der Waals surface area contributed by atoms with Gasteiger partial charge in [0.2, 0.25) is 0 Å². The fourth-order valence-electron chi connectivity index (χ4n) is 0.509. The zero-order chi connectivity index (χ0) is 6.85. The summed E-state index contributed by atoms with van der Waals surface area (Å²) in [4.78, 5) is 3.93. The third-order valence-electron chi connectivity index (χ3n) is 0.915. The highest BCUT2D eigenvalue weighted by Crippen LogP contribution is 2.11. The van der Waals surface area contributed by atoms with Gasteiger partial charge in [-0.05, 0) is 6.92 Å². The monoisotopic (exact) mass is 142 g/mol. The van der Waals surface area contributed by atoms with Crippen molar-refractivity contribution in [1.82, 2.24) is 14.8 Å². The molecule has 0 aliphatic heterocycles. The number of hydrogen-bond acceptors (Lipinski definition) is 3. The van der Waals surface area contributed by atoms with E-state index in [0.29, 0.717) is 5.82 Å². The second-order valence-corrected chi connectivity index (χ2v) is 2.42. The molecule has 0 N–H and O–H groups in total. The summed E-state index contributed by atoms with van der Waals surface area (Å²) in [6, 6.07) is 0. The van der Waals surface area contributed by atoms with E-state index in [1.165, 1.54) is 0 Å². The predicted octanol–water partition coefficient (Wildman–Crippen LogP) is 0.620. The van der Waals surface area contributed by atoms with Crippen molar-refractivity contribution in [3.63, 3.8) is 0 Å². The van der Waals surface area contributed by atoms with Gasteiger partial charge in [-0.1, -0.05) is 0 Å². The van der Waals surface area contributed by atoms with Gasteiger partial charge >= 0.3 is 0 Å². The van der Waals surface area contributed by atoms with Gasteiger partial charge in [-0.3, -0.25) is 4.68 Å². The first-order valence-corrected chi connectivity index (χ1v) is 3.08. The van der Waals surface area contributed by atoms with Crippen molar-refractivity contribution in [3.8, 4) is 0 Å². The summed E-state index contributed by atoms with van der Waals surface area (Å²) in [5.74, 6) is 0.667. The van der Waals surface area contributed by atoms with Crippen molar-refractivity contribution in [1.29, 1.82) is 0 Å². The molecule has 0 saturated heterocycles. The third-order valence-corrected chi connectivity index (χ3v) is 1.15. The second-order valence-electron chi connectivity index (χ2n) is 1.79. The van der Waals surface area contributed by atoms with E-state index in [1.54, 1.807) is 11.0 Å². The Bertz CT molecular complexity index is 194. The van der Waals surface area contributed by atoms with Crippen LogP contribution in [0.25, 0.3) is 0 Å². The molecule has 1 rings (SSSR count). The minimum atomic E-state index is -0.119. The van der Waals surface area contributed by atoms with Crippen LogP contribution in [0.15, 0.2) is 6.33 Å². The summed E-state index contributed by atoms with van der Waals surface area (Å²) in [6.07, 6.45) is 1.63. The van der Waals surface area contributed by atoms with Gasteiger partial charge in [0.25, 0.3) is 0 Å². The smallest absolute Gasteiger partial charge is 0.163 e. The van der Waals surface area contributed by atoms with Crippen molar-refractivity contribution in [2.45, 2.75) is 5.25 Å². The van der Waals surface area contributed by atoms with Gasteiger partial charge in [0.05, 0.1) is 5.25 Å². The van der Waals surface area contributed by atoms with Gasteiger partial charge in [-0.25, -0.2) is 4.98 Å². The molecule has 1 heterocycles. The molecular formula is C5H8N3S. The SMILES string of the molecule is [CH2]C(S)c1ncn(C)n1. The molecule has 3 nitrogen and oxygen atoms in total. The molecule has 1 aromatic rings. The van der Waals surface area contributed by atoms with Crippen LogP contribution < -0.4 is 0 Å². The lowest BCUT2D eigenvalue weighted by atomic mass is 10.5. The second kappa shape index (κ2) is 2.39. The molecule has 0 spiro atoms. The Balaban J connectivity index is 2.85. The maximum atomic E-state index is 4.05. The molecule has 9 heavy (non-hydrogen) atoms. The quantitative estimate of drug-likeness (QED) is 0.583. The summed E-state index contributed by atoms with van der Waals surface area (Å²) in [7, 11) is 1.81. The van der Waals surface area contributed by atoms with Gasteiger partial charge in [-0.15, -0.1) is 0 Å². The number of aryl methyl sites for hydroxylation is 1. The number of aromatic nitrogens is 3. The first-order valence-electron chi connectivity index (χ1n) is 2.57. The fourth-order valence-corrected chi connectivity index (χ4v) is 0.627. The van der Waals surface area contributed by atoms with E-state index in [2.05, 4.69) is 29.6 Å². The van der Waals surface area contributed by atoms with Gasteiger partial charge in [-0.2, -0.15) is 17.7 Å². The molecule has 1 aromatic heterocycles. The molecule has 0 aromatic carbocycles. The number of hydrogen-bond donors (Lipinski definition) is 1. The van der Waals surface area contributed by atoms with Gasteiger partial charge in [0.15, 0.2) is 5.82 Å². The topological polar surface area (TPSA) is 30.7 Å². The summed E-state index contributed by atoms with van der Waals surface area (Å²) in [6.45, 7) is 3.65. The van der Waals surface area contributed by atoms with E-state index < -0.39 is 0 Å². The zero-order valence-corrected chi connectivity index (χ0v) is 6.05. The Kier molecular flexibility index (Phi) is 1.75. The Morgan fingerprint density at radius 1 is 1.89 bits per heavy atom. The van der Waals surface area contributed by atoms with Crippen LogP contribution in [0.5, 0.6) is 0 Å². The number of rotatable bonds is 1. The Morgan fingerprint density at radius 3 is 2.78 bits per heavy atom. The van der Waals surface area contributed by atoms with Crippen molar-refractivity contribution < 1.29 is 0 Å². The molecule has 4 heteroatoms. The lowest BCUT2D eigenvalue weighted by molar-refractivity contribution is 0.749. The largest absolute Gasteiger partial charge is 0.256 e. The molecule has 0 aliphatic carbocycles. The average Bonchev–Trinajstić information content (AvgIpc) is 2.14. The molecule has 1 unspecified atom stereocenters. The minimum absolute atomic E-state index is 0.119. The van der Waals surface area contributed by atoms with Crippen LogP contribution in [-0.2, 0) is 7.05 Å². The fraction of sp³-hybridized carbons (Fsp3) is 0.400. The lowest BCUT2D eigenvalue weighted by Gasteiger charge is -1.92. The van der Waals surface area contributed by atoms with Gasteiger partial charge in [0.1, 0.15) is 6.33 Å². The van der Waals surface area contributed by atoms with Crippen LogP contribution >= 0.6 is 12.6 Å². The molecule has 0 bridgehead atoms. The maximum absolute atomic E-state index is 4.05. The van der Waals surface area contributed by atoms with Gasteiger partial charge in [0, 0.05) is 7.05 Å². The molecule has 49 valence electrons. The van der Waals surface area contributed by atoms with Crippen LogP contribution in [0, 0.1) is 6.92 Å². The average molecular weight is 142 g/mol. The molecule has 0 aliphatic rings. The summed E-state index contributed by atoms with van der Waals surface area (Å²) in [5, 5.41) is 3.86. The van der Waals surface area contributed by atoms with Crippen LogP contribution in [0.2, 0.25) is 0 Å². The standard InChI is InChI=1S/C5H8N3S/c1-4(9)5-6-3-8(2)7-5/h3-4,9H,1H2,2H3. The van der Waals surface area contributed by atoms with E-state index in [0.717, 1.165) is 0 Å². The van der Waals surface area contributed by atoms with Crippen LogP contribution in [0.4, 0.5) is 0 Å². The Morgan fingerprint density at radius 2 is 2.56 bits per heavy atom. The normalized spacial score (nSPS) is 13.7. The van der Waals surface area contributed by atoms with Crippen LogP contribution in [0.1, 0.15) is 11.1 Å². The molecule has 0 fully saturated rings. The van der Waals surface area contributed by atoms with Gasteiger partial charge < -0.3 is 0 Å². The summed E-state index contributed by atoms with van der Waals surface area (Å²) >= 11 is 4.05. The molecule has 0 saturated carbocycles. The van der Waals surface area contributed by atoms with E-state index in [1.807, 2.05) is 7.05 Å². The van der Waals surface area contributed by atoms with Crippen molar-refractivity contribution >= 4 is 12.6 Å². The van der Waals surface area contributed by atoms with E-state index in [4.69, 9.17) is 0 Å². The maximum Gasteiger partial charge on any atom is 0.163 e. The Labute approximate surface area is 59.5 Å². The lowest BCUT2D eigenvalue weighted by Crippen LogP contribution is -1.91. The highest BCUT2D eigenvalue weighted by Gasteiger charge is 2.02. The third kappa shape index (κ3) is 1.45. The van der Waals surface area contributed by atoms with Crippen LogP contribution in [0.3, 0.4) is 0 Å². The summed E-state index contributed by atoms with van der Waals surface area (Å²) < 4.78 is 1.63. The van der Waals surface area contributed by atoms with Crippen molar-refractivity contribution in [2.75, 3.05) is 0 Å². The van der Waals surface area contributed by atoms with Crippen molar-refractivity contribution in [2.24, 2.45) is 7.05 Å². The highest BCUT2D eigenvalue weighted by molar-refractivity contribution is 7.80. The van der Waals surface area contributed by atoms with E-state index >= 15 is 0 Å². The summed E-state index contributed by atoms with van der Waals surface area (Å²) in [5.41, 5.74) is 0. The predicted molar refractivity (Wildman–Crippen MR) is 38.1 cm³/mol. The van der Waals surface area contributed by atoms with E-state index in [9.17, 15) is 0 Å². The van der Waals surface area contributed by atoms with E-state index in [-0.39, 0.29) is 5.25 Å². The first-order chi connectivity index (χ1) is 4.20. The highest BCUT2D eigenvalue weighted by atomic mass is 32.1.